The Kier molecular flexibility index (Phi) is 4.81. The van der Waals surface area contributed by atoms with E-state index >= 15 is 0 Å². The molecule has 0 saturated carbocycles. The predicted octanol–water partition coefficient (Wildman–Crippen LogP) is 3.15. The molecular weight excluding hydrogens is 300 g/mol. The molecule has 24 heavy (non-hydrogen) atoms. The second-order valence-corrected chi connectivity index (χ2v) is 6.04. The van der Waals surface area contributed by atoms with E-state index in [1.54, 1.807) is 4.90 Å². The summed E-state index contributed by atoms with van der Waals surface area (Å²) in [5.74, 6) is 0.664. The molecule has 2 aromatic rings. The van der Waals surface area contributed by atoms with Crippen LogP contribution in [-0.2, 0) is 10.2 Å². The molecule has 0 aliphatic carbocycles. The molecule has 0 atom stereocenters. The van der Waals surface area contributed by atoms with Gasteiger partial charge in [0.15, 0.2) is 6.61 Å². The van der Waals surface area contributed by atoms with E-state index in [0.717, 1.165) is 5.56 Å². The number of nitrogens with zero attached hydrogens (tertiary/aromatic N) is 2. The quantitative estimate of drug-likeness (QED) is 0.869. The highest BCUT2D eigenvalue weighted by molar-refractivity contribution is 5.78. The van der Waals surface area contributed by atoms with Crippen LogP contribution in [0, 0.1) is 11.3 Å². The number of piperidine rings is 1. The highest BCUT2D eigenvalue weighted by atomic mass is 16.5. The van der Waals surface area contributed by atoms with E-state index in [0.29, 0.717) is 31.7 Å². The van der Waals surface area contributed by atoms with Gasteiger partial charge in [0.05, 0.1) is 11.5 Å². The normalized spacial score (nSPS) is 16.2. The molecular formula is C20H20N2O2. The summed E-state index contributed by atoms with van der Waals surface area (Å²) in [6, 6.07) is 21.7. The first-order chi connectivity index (χ1) is 11.7. The maximum atomic E-state index is 12.3. The third kappa shape index (κ3) is 3.41. The van der Waals surface area contributed by atoms with E-state index in [2.05, 4.69) is 6.07 Å². The van der Waals surface area contributed by atoms with Gasteiger partial charge in [0.2, 0.25) is 0 Å². The monoisotopic (exact) mass is 320 g/mol. The Morgan fingerprint density at radius 2 is 1.62 bits per heavy atom. The molecule has 1 fully saturated rings. The minimum absolute atomic E-state index is 0.0292. The Morgan fingerprint density at radius 1 is 1.04 bits per heavy atom. The van der Waals surface area contributed by atoms with Crippen LogP contribution in [0.1, 0.15) is 18.4 Å². The zero-order valence-corrected chi connectivity index (χ0v) is 13.5. The zero-order valence-electron chi connectivity index (χ0n) is 13.5. The summed E-state index contributed by atoms with van der Waals surface area (Å²) in [5, 5.41) is 9.69. The molecule has 4 nitrogen and oxygen atoms in total. The Labute approximate surface area is 142 Å². The topological polar surface area (TPSA) is 53.3 Å². The molecule has 0 radical (unpaired) electrons. The number of benzene rings is 2. The molecule has 1 aliphatic rings. The van der Waals surface area contributed by atoms with Crippen molar-refractivity contribution in [3.8, 4) is 11.8 Å². The van der Waals surface area contributed by atoms with E-state index in [1.807, 2.05) is 60.7 Å². The third-order valence-electron chi connectivity index (χ3n) is 4.62. The largest absolute Gasteiger partial charge is 0.484 e. The van der Waals surface area contributed by atoms with Gasteiger partial charge in [-0.2, -0.15) is 5.26 Å². The molecule has 0 N–H and O–H groups in total. The van der Waals surface area contributed by atoms with Crippen molar-refractivity contribution in [3.05, 3.63) is 66.2 Å². The fourth-order valence-electron chi connectivity index (χ4n) is 3.11. The van der Waals surface area contributed by atoms with Crippen LogP contribution in [0.2, 0.25) is 0 Å². The van der Waals surface area contributed by atoms with Crippen LogP contribution >= 0.6 is 0 Å². The molecule has 3 rings (SSSR count). The number of hydrogen-bond donors (Lipinski definition) is 0. The number of carbonyl (C=O) groups excluding carboxylic acids is 1. The Morgan fingerprint density at radius 3 is 2.21 bits per heavy atom. The number of rotatable bonds is 4. The number of carbonyl (C=O) groups is 1. The van der Waals surface area contributed by atoms with E-state index in [1.165, 1.54) is 0 Å². The molecule has 0 bridgehead atoms. The smallest absolute Gasteiger partial charge is 0.260 e. The first kappa shape index (κ1) is 16.1. The number of amides is 1. The third-order valence-corrected chi connectivity index (χ3v) is 4.62. The van der Waals surface area contributed by atoms with Gasteiger partial charge in [-0.05, 0) is 30.5 Å². The molecule has 1 aliphatic heterocycles. The predicted molar refractivity (Wildman–Crippen MR) is 91.5 cm³/mol. The minimum Gasteiger partial charge on any atom is -0.484 e. The van der Waals surface area contributed by atoms with Crippen molar-refractivity contribution in [1.29, 1.82) is 5.26 Å². The van der Waals surface area contributed by atoms with Gasteiger partial charge in [-0.25, -0.2) is 0 Å². The van der Waals surface area contributed by atoms with Crippen LogP contribution in [0.25, 0.3) is 0 Å². The average molecular weight is 320 g/mol. The lowest BCUT2D eigenvalue weighted by molar-refractivity contribution is -0.134. The number of likely N-dealkylation sites (tertiary alicyclic amines) is 1. The van der Waals surface area contributed by atoms with Gasteiger partial charge in [0, 0.05) is 13.1 Å². The summed E-state index contributed by atoms with van der Waals surface area (Å²) in [5.41, 5.74) is 0.554. The van der Waals surface area contributed by atoms with Crippen molar-refractivity contribution in [2.45, 2.75) is 18.3 Å². The van der Waals surface area contributed by atoms with Crippen LogP contribution in [0.15, 0.2) is 60.7 Å². The lowest BCUT2D eigenvalue weighted by Gasteiger charge is -2.37. The van der Waals surface area contributed by atoms with Crippen molar-refractivity contribution in [3.63, 3.8) is 0 Å². The summed E-state index contributed by atoms with van der Waals surface area (Å²) in [6.07, 6.45) is 1.31. The van der Waals surface area contributed by atoms with Crippen molar-refractivity contribution in [1.82, 2.24) is 4.90 Å². The zero-order chi connectivity index (χ0) is 16.8. The van der Waals surface area contributed by atoms with Gasteiger partial charge in [-0.3, -0.25) is 4.79 Å². The fourth-order valence-corrected chi connectivity index (χ4v) is 3.11. The lowest BCUT2D eigenvalue weighted by atomic mass is 9.74. The maximum Gasteiger partial charge on any atom is 0.260 e. The van der Waals surface area contributed by atoms with E-state index in [-0.39, 0.29) is 12.5 Å². The number of ether oxygens (including phenoxy) is 1. The van der Waals surface area contributed by atoms with Crippen LogP contribution < -0.4 is 4.74 Å². The summed E-state index contributed by atoms with van der Waals surface area (Å²) in [4.78, 5) is 14.1. The summed E-state index contributed by atoms with van der Waals surface area (Å²) in [7, 11) is 0. The van der Waals surface area contributed by atoms with Gasteiger partial charge < -0.3 is 9.64 Å². The minimum atomic E-state index is -0.488. The van der Waals surface area contributed by atoms with Crippen LogP contribution in [0.5, 0.6) is 5.75 Å². The standard InChI is InChI=1S/C20H20N2O2/c21-16-20(17-7-3-1-4-8-17)11-13-22(14-12-20)19(23)15-24-18-9-5-2-6-10-18/h1-10H,11-15H2. The molecule has 1 heterocycles. The molecule has 0 spiro atoms. The molecule has 2 aromatic carbocycles. The summed E-state index contributed by atoms with van der Waals surface area (Å²) in [6.45, 7) is 1.20. The van der Waals surface area contributed by atoms with Crippen molar-refractivity contribution in [2.75, 3.05) is 19.7 Å². The fraction of sp³-hybridized carbons (Fsp3) is 0.300. The number of nitriles is 1. The van der Waals surface area contributed by atoms with Crippen molar-refractivity contribution in [2.24, 2.45) is 0 Å². The van der Waals surface area contributed by atoms with Gasteiger partial charge in [0.25, 0.3) is 5.91 Å². The number of para-hydroxylation sites is 1. The first-order valence-corrected chi connectivity index (χ1v) is 8.16. The molecule has 1 saturated heterocycles. The van der Waals surface area contributed by atoms with Crippen LogP contribution in [-0.4, -0.2) is 30.5 Å². The molecule has 122 valence electrons. The average Bonchev–Trinajstić information content (AvgIpc) is 2.67. The van der Waals surface area contributed by atoms with E-state index in [4.69, 9.17) is 4.74 Å². The molecule has 4 heteroatoms. The molecule has 1 amide bonds. The summed E-state index contributed by atoms with van der Waals surface area (Å²) >= 11 is 0. The first-order valence-electron chi connectivity index (χ1n) is 8.16. The molecule has 0 unspecified atom stereocenters. The molecule has 0 aromatic heterocycles. The van der Waals surface area contributed by atoms with Crippen LogP contribution in [0.4, 0.5) is 0 Å². The highest BCUT2D eigenvalue weighted by Gasteiger charge is 2.37. The van der Waals surface area contributed by atoms with Gasteiger partial charge in [-0.15, -0.1) is 0 Å². The Hall–Kier alpha value is -2.80. The second-order valence-electron chi connectivity index (χ2n) is 6.04. The van der Waals surface area contributed by atoms with Crippen molar-refractivity contribution >= 4 is 5.91 Å². The maximum absolute atomic E-state index is 12.3. The Bertz CT molecular complexity index is 714. The van der Waals surface area contributed by atoms with Gasteiger partial charge >= 0.3 is 0 Å². The van der Waals surface area contributed by atoms with Gasteiger partial charge in [0.1, 0.15) is 5.75 Å². The SMILES string of the molecule is N#CC1(c2ccccc2)CCN(C(=O)COc2ccccc2)CC1. The van der Waals surface area contributed by atoms with Crippen LogP contribution in [0.3, 0.4) is 0 Å². The van der Waals surface area contributed by atoms with Crippen molar-refractivity contribution < 1.29 is 9.53 Å². The van der Waals surface area contributed by atoms with Gasteiger partial charge in [-0.1, -0.05) is 48.5 Å². The lowest BCUT2D eigenvalue weighted by Crippen LogP contribution is -2.46. The second kappa shape index (κ2) is 7.18. The summed E-state index contributed by atoms with van der Waals surface area (Å²) < 4.78 is 5.53. The number of hydrogen-bond acceptors (Lipinski definition) is 3. The van der Waals surface area contributed by atoms with E-state index < -0.39 is 5.41 Å². The van der Waals surface area contributed by atoms with E-state index in [9.17, 15) is 10.1 Å². The Balaban J connectivity index is 1.58. The highest BCUT2D eigenvalue weighted by Crippen LogP contribution is 2.34.